The Hall–Kier alpha value is -2.88. The van der Waals surface area contributed by atoms with Crippen molar-refractivity contribution in [2.24, 2.45) is 0 Å². The zero-order valence-electron chi connectivity index (χ0n) is 12.8. The molecule has 1 aliphatic heterocycles. The Morgan fingerprint density at radius 2 is 2.17 bits per heavy atom. The topological polar surface area (TPSA) is 130 Å². The first-order chi connectivity index (χ1) is 11.4. The van der Waals surface area contributed by atoms with Gasteiger partial charge in [0.05, 0.1) is 29.2 Å². The number of H-pyrrole nitrogens is 1. The normalized spacial score (nSPS) is 14.1. The molecule has 4 rings (SSSR count). The van der Waals surface area contributed by atoms with Crippen LogP contribution in [-0.2, 0) is 16.4 Å². The van der Waals surface area contributed by atoms with Crippen molar-refractivity contribution >= 4 is 44.2 Å². The molecule has 0 unspecified atom stereocenters. The standard InChI is InChI=1S/C14H15N7O2S/c1-24(22,23)21-6-5-8-3-2-4-10(11(8)21)17-12-9-7-16-20-13(9)19-14(15)18-12/h2-4,7H,5-6H2,1H3,(H4,15,16,17,18,19,20). The molecule has 0 saturated carbocycles. The summed E-state index contributed by atoms with van der Waals surface area (Å²) in [5.41, 5.74) is 8.51. The molecule has 0 fully saturated rings. The average molecular weight is 345 g/mol. The van der Waals surface area contributed by atoms with Gasteiger partial charge in [0.1, 0.15) is 5.82 Å². The number of hydrogen-bond donors (Lipinski definition) is 3. The molecule has 10 heteroatoms. The quantitative estimate of drug-likeness (QED) is 0.645. The van der Waals surface area contributed by atoms with Crippen LogP contribution < -0.4 is 15.4 Å². The van der Waals surface area contributed by atoms with Gasteiger partial charge in [0, 0.05) is 6.54 Å². The molecule has 1 aliphatic rings. The number of aromatic nitrogens is 4. The highest BCUT2D eigenvalue weighted by atomic mass is 32.2. The SMILES string of the molecule is CS(=O)(=O)N1CCc2cccc(Nc3nc(N)nc4[nH]ncc34)c21. The first-order valence-corrected chi connectivity index (χ1v) is 9.11. The molecule has 0 atom stereocenters. The summed E-state index contributed by atoms with van der Waals surface area (Å²) in [5.74, 6) is 0.571. The molecule has 2 aromatic heterocycles. The van der Waals surface area contributed by atoms with Gasteiger partial charge in [0.25, 0.3) is 0 Å². The van der Waals surface area contributed by atoms with E-state index < -0.39 is 10.0 Å². The lowest BCUT2D eigenvalue weighted by atomic mass is 10.1. The van der Waals surface area contributed by atoms with Gasteiger partial charge in [-0.2, -0.15) is 15.1 Å². The van der Waals surface area contributed by atoms with Gasteiger partial charge in [-0.1, -0.05) is 12.1 Å². The Morgan fingerprint density at radius 1 is 1.33 bits per heavy atom. The van der Waals surface area contributed by atoms with Crippen LogP contribution in [0, 0.1) is 0 Å². The summed E-state index contributed by atoms with van der Waals surface area (Å²) >= 11 is 0. The van der Waals surface area contributed by atoms with Gasteiger partial charge in [-0.15, -0.1) is 0 Å². The molecular weight excluding hydrogens is 330 g/mol. The number of nitrogens with one attached hydrogen (secondary N) is 2. The van der Waals surface area contributed by atoms with E-state index in [0.717, 1.165) is 5.56 Å². The van der Waals surface area contributed by atoms with E-state index >= 15 is 0 Å². The Bertz CT molecular complexity index is 1040. The molecule has 9 nitrogen and oxygen atoms in total. The Kier molecular flexibility index (Phi) is 3.10. The number of anilines is 4. The van der Waals surface area contributed by atoms with Crippen LogP contribution in [0.5, 0.6) is 0 Å². The van der Waals surface area contributed by atoms with E-state index in [1.165, 1.54) is 10.6 Å². The van der Waals surface area contributed by atoms with E-state index in [1.807, 2.05) is 18.2 Å². The first kappa shape index (κ1) is 14.7. The lowest BCUT2D eigenvalue weighted by Crippen LogP contribution is -2.28. The number of nitrogen functional groups attached to an aromatic ring is 1. The third kappa shape index (κ3) is 2.31. The molecule has 4 N–H and O–H groups in total. The first-order valence-electron chi connectivity index (χ1n) is 7.27. The summed E-state index contributed by atoms with van der Waals surface area (Å²) in [6.07, 6.45) is 3.47. The summed E-state index contributed by atoms with van der Waals surface area (Å²) in [4.78, 5) is 8.28. The Balaban J connectivity index is 1.84. The van der Waals surface area contributed by atoms with Gasteiger partial charge in [0.2, 0.25) is 16.0 Å². The third-order valence-electron chi connectivity index (χ3n) is 3.93. The highest BCUT2D eigenvalue weighted by molar-refractivity contribution is 7.92. The number of sulfonamides is 1. The number of rotatable bonds is 3. The second-order valence-electron chi connectivity index (χ2n) is 5.59. The minimum atomic E-state index is -3.35. The molecule has 3 heterocycles. The maximum atomic E-state index is 12.1. The van der Waals surface area contributed by atoms with Crippen LogP contribution in [-0.4, -0.2) is 41.4 Å². The van der Waals surface area contributed by atoms with Crippen molar-refractivity contribution in [1.82, 2.24) is 20.2 Å². The Morgan fingerprint density at radius 3 is 2.96 bits per heavy atom. The van der Waals surface area contributed by atoms with Gasteiger partial charge >= 0.3 is 0 Å². The smallest absolute Gasteiger partial charge is 0.232 e. The molecule has 0 bridgehead atoms. The molecule has 1 aromatic carbocycles. The molecule has 124 valence electrons. The minimum absolute atomic E-state index is 0.0989. The highest BCUT2D eigenvalue weighted by Crippen LogP contribution is 2.38. The predicted molar refractivity (Wildman–Crippen MR) is 91.7 cm³/mol. The summed E-state index contributed by atoms with van der Waals surface area (Å²) in [6.45, 7) is 0.430. The Labute approximate surface area is 138 Å². The maximum absolute atomic E-state index is 12.1. The van der Waals surface area contributed by atoms with Gasteiger partial charge in [-0.05, 0) is 18.1 Å². The molecule has 0 radical (unpaired) electrons. The number of para-hydroxylation sites is 1. The minimum Gasteiger partial charge on any atom is -0.368 e. The van der Waals surface area contributed by atoms with Crippen molar-refractivity contribution in [3.05, 3.63) is 30.0 Å². The van der Waals surface area contributed by atoms with Crippen molar-refractivity contribution in [3.63, 3.8) is 0 Å². The molecule has 24 heavy (non-hydrogen) atoms. The molecule has 0 amide bonds. The molecule has 0 spiro atoms. The van der Waals surface area contributed by atoms with Crippen LogP contribution >= 0.6 is 0 Å². The number of nitrogens with two attached hydrogens (primary N) is 1. The zero-order valence-corrected chi connectivity index (χ0v) is 13.6. The van der Waals surface area contributed by atoms with Crippen molar-refractivity contribution in [3.8, 4) is 0 Å². The zero-order chi connectivity index (χ0) is 16.9. The lowest BCUT2D eigenvalue weighted by molar-refractivity contribution is 0.598. The number of fused-ring (bicyclic) bond motifs is 2. The van der Waals surface area contributed by atoms with Gasteiger partial charge in [-0.3, -0.25) is 9.40 Å². The summed E-state index contributed by atoms with van der Waals surface area (Å²) in [7, 11) is -3.35. The number of hydrogen-bond acceptors (Lipinski definition) is 7. The van der Waals surface area contributed by atoms with Crippen LogP contribution in [0.3, 0.4) is 0 Å². The fraction of sp³-hybridized carbons (Fsp3) is 0.214. The summed E-state index contributed by atoms with van der Waals surface area (Å²) in [6, 6.07) is 5.62. The van der Waals surface area contributed by atoms with E-state index in [4.69, 9.17) is 5.73 Å². The maximum Gasteiger partial charge on any atom is 0.232 e. The number of aromatic amines is 1. The second-order valence-corrected chi connectivity index (χ2v) is 7.49. The van der Waals surface area contributed by atoms with Crippen molar-refractivity contribution in [1.29, 1.82) is 0 Å². The fourth-order valence-electron chi connectivity index (χ4n) is 2.93. The van der Waals surface area contributed by atoms with E-state index in [1.54, 1.807) is 6.20 Å². The van der Waals surface area contributed by atoms with Crippen LogP contribution in [0.25, 0.3) is 11.0 Å². The largest absolute Gasteiger partial charge is 0.368 e. The summed E-state index contributed by atoms with van der Waals surface area (Å²) < 4.78 is 25.5. The van der Waals surface area contributed by atoms with Crippen LogP contribution in [0.1, 0.15) is 5.56 Å². The van der Waals surface area contributed by atoms with E-state index in [9.17, 15) is 8.42 Å². The molecule has 0 aliphatic carbocycles. The van der Waals surface area contributed by atoms with E-state index in [-0.39, 0.29) is 5.95 Å². The van der Waals surface area contributed by atoms with Crippen LogP contribution in [0.4, 0.5) is 23.1 Å². The van der Waals surface area contributed by atoms with E-state index in [0.29, 0.717) is 41.2 Å². The van der Waals surface area contributed by atoms with Crippen molar-refractivity contribution in [2.75, 3.05) is 28.2 Å². The third-order valence-corrected chi connectivity index (χ3v) is 5.10. The van der Waals surface area contributed by atoms with Gasteiger partial charge < -0.3 is 11.1 Å². The molecular formula is C14H15N7O2S. The van der Waals surface area contributed by atoms with Crippen LogP contribution in [0.15, 0.2) is 24.4 Å². The molecule has 3 aromatic rings. The lowest BCUT2D eigenvalue weighted by Gasteiger charge is -2.20. The number of benzene rings is 1. The number of nitrogens with zero attached hydrogens (tertiary/aromatic N) is 4. The van der Waals surface area contributed by atoms with Crippen molar-refractivity contribution in [2.45, 2.75) is 6.42 Å². The van der Waals surface area contributed by atoms with E-state index in [2.05, 4.69) is 25.5 Å². The highest BCUT2D eigenvalue weighted by Gasteiger charge is 2.29. The second kappa shape index (κ2) is 5.06. The molecule has 0 saturated heterocycles. The van der Waals surface area contributed by atoms with Gasteiger partial charge in [0.15, 0.2) is 5.65 Å². The monoisotopic (exact) mass is 345 g/mol. The fourth-order valence-corrected chi connectivity index (χ4v) is 3.90. The summed E-state index contributed by atoms with van der Waals surface area (Å²) in [5, 5.41) is 10.5. The van der Waals surface area contributed by atoms with Crippen LogP contribution in [0.2, 0.25) is 0 Å². The van der Waals surface area contributed by atoms with Crippen molar-refractivity contribution < 1.29 is 8.42 Å². The van der Waals surface area contributed by atoms with Gasteiger partial charge in [-0.25, -0.2) is 8.42 Å². The predicted octanol–water partition coefficient (Wildman–Crippen LogP) is 1.00. The average Bonchev–Trinajstić information content (AvgIpc) is 3.12.